The summed E-state index contributed by atoms with van der Waals surface area (Å²) in [6.07, 6.45) is 3.76. The molecule has 0 saturated carbocycles. The normalized spacial score (nSPS) is 15.9. The van der Waals surface area contributed by atoms with Crippen molar-refractivity contribution >= 4 is 41.8 Å². The van der Waals surface area contributed by atoms with E-state index in [-0.39, 0.29) is 36.8 Å². The summed E-state index contributed by atoms with van der Waals surface area (Å²) in [7, 11) is 0. The van der Waals surface area contributed by atoms with Crippen molar-refractivity contribution in [1.82, 2.24) is 25.0 Å². The highest BCUT2D eigenvalue weighted by Gasteiger charge is 2.22. The van der Waals surface area contributed by atoms with Crippen LogP contribution < -0.4 is 5.32 Å². The lowest BCUT2D eigenvalue weighted by Gasteiger charge is -2.20. The Hall–Kier alpha value is -1.37. The van der Waals surface area contributed by atoms with Gasteiger partial charge in [-0.3, -0.25) is 4.79 Å². The maximum absolute atomic E-state index is 13.0. The number of fused-ring (bicyclic) bond motifs is 1. The van der Waals surface area contributed by atoms with Gasteiger partial charge >= 0.3 is 0 Å². The molecule has 25 heavy (non-hydrogen) atoms. The Bertz CT molecular complexity index is 710. The minimum atomic E-state index is 0. The smallest absolute Gasteiger partial charge is 0.254 e. The summed E-state index contributed by atoms with van der Waals surface area (Å²) in [5, 5.41) is 8.68. The third-order valence-corrected chi connectivity index (χ3v) is 4.56. The van der Waals surface area contributed by atoms with Crippen LogP contribution in [-0.4, -0.2) is 51.8 Å². The summed E-state index contributed by atoms with van der Waals surface area (Å²) in [5.74, 6) is 0.0906. The minimum Gasteiger partial charge on any atom is -0.337 e. The van der Waals surface area contributed by atoms with Crippen LogP contribution in [0.25, 0.3) is 11.0 Å². The molecule has 1 atom stereocenters. The van der Waals surface area contributed by atoms with Gasteiger partial charge in [-0.1, -0.05) is 6.92 Å². The van der Waals surface area contributed by atoms with Gasteiger partial charge in [-0.15, -0.1) is 24.8 Å². The number of hydrogen-bond donors (Lipinski definition) is 1. The fourth-order valence-corrected chi connectivity index (χ4v) is 3.03. The van der Waals surface area contributed by atoms with Crippen molar-refractivity contribution in [3.05, 3.63) is 23.5 Å². The van der Waals surface area contributed by atoms with Gasteiger partial charge in [0.1, 0.15) is 0 Å². The number of carbonyl (C=O) groups excluding carboxylic acids is 1. The molecule has 0 spiro atoms. The van der Waals surface area contributed by atoms with E-state index >= 15 is 0 Å². The molecule has 0 aromatic carbocycles. The molecule has 1 fully saturated rings. The molecule has 6 nitrogen and oxygen atoms in total. The molecule has 1 aliphatic rings. The molecule has 140 valence electrons. The van der Waals surface area contributed by atoms with E-state index in [1.807, 2.05) is 22.6 Å². The second-order valence-electron chi connectivity index (χ2n) is 6.29. The zero-order chi connectivity index (χ0) is 16.4. The van der Waals surface area contributed by atoms with Gasteiger partial charge in [-0.05, 0) is 39.3 Å². The van der Waals surface area contributed by atoms with Crippen molar-refractivity contribution in [3.8, 4) is 0 Å². The predicted molar refractivity (Wildman–Crippen MR) is 105 cm³/mol. The number of nitrogens with one attached hydrogen (secondary N) is 1. The zero-order valence-electron chi connectivity index (χ0n) is 15.0. The minimum absolute atomic E-state index is 0. The van der Waals surface area contributed by atoms with E-state index in [1.165, 1.54) is 0 Å². The van der Waals surface area contributed by atoms with E-state index in [4.69, 9.17) is 0 Å². The third kappa shape index (κ3) is 4.43. The summed E-state index contributed by atoms with van der Waals surface area (Å²) < 4.78 is 1.93. The van der Waals surface area contributed by atoms with Gasteiger partial charge in [-0.25, -0.2) is 9.67 Å². The van der Waals surface area contributed by atoms with Crippen LogP contribution in [0.2, 0.25) is 0 Å². The Kier molecular flexibility index (Phi) is 8.12. The number of halogens is 2. The van der Waals surface area contributed by atoms with Crippen molar-refractivity contribution in [2.24, 2.45) is 0 Å². The van der Waals surface area contributed by atoms with Crippen LogP contribution in [0.1, 0.15) is 48.8 Å². The highest BCUT2D eigenvalue weighted by molar-refractivity contribution is 6.05. The number of aryl methyl sites for hydroxylation is 1. The second-order valence-corrected chi connectivity index (χ2v) is 6.29. The lowest BCUT2D eigenvalue weighted by molar-refractivity contribution is 0.0768. The first-order valence-electron chi connectivity index (χ1n) is 8.46. The monoisotopic (exact) mass is 387 g/mol. The molecule has 1 saturated heterocycles. The van der Waals surface area contributed by atoms with Crippen molar-refractivity contribution in [2.45, 2.75) is 39.7 Å². The van der Waals surface area contributed by atoms with Crippen LogP contribution in [0.3, 0.4) is 0 Å². The summed E-state index contributed by atoms with van der Waals surface area (Å²) in [6.45, 7) is 9.57. The van der Waals surface area contributed by atoms with Crippen molar-refractivity contribution in [1.29, 1.82) is 0 Å². The quantitative estimate of drug-likeness (QED) is 0.878. The van der Waals surface area contributed by atoms with Crippen molar-refractivity contribution in [3.63, 3.8) is 0 Å². The maximum Gasteiger partial charge on any atom is 0.254 e. The van der Waals surface area contributed by atoms with Gasteiger partial charge in [0.15, 0.2) is 5.65 Å². The second kappa shape index (κ2) is 9.36. The maximum atomic E-state index is 13.0. The standard InChI is InChI=1S/C17H25N5O.2ClH/c1-4-13(3)22-16-15(11-19-22)14(10-12(2)20-16)17(23)21-8-5-6-18-7-9-21;;/h10-11,13,18H,4-9H2,1-3H3;2*1H. The van der Waals surface area contributed by atoms with E-state index in [0.29, 0.717) is 0 Å². The Balaban J connectivity index is 0.00000156. The van der Waals surface area contributed by atoms with Crippen molar-refractivity contribution in [2.75, 3.05) is 26.2 Å². The molecule has 1 N–H and O–H groups in total. The number of hydrogen-bond acceptors (Lipinski definition) is 4. The molecule has 0 radical (unpaired) electrons. The van der Waals surface area contributed by atoms with Gasteiger partial charge < -0.3 is 10.2 Å². The highest BCUT2D eigenvalue weighted by atomic mass is 35.5. The first kappa shape index (κ1) is 21.7. The summed E-state index contributed by atoms with van der Waals surface area (Å²) >= 11 is 0. The lowest BCUT2D eigenvalue weighted by Crippen LogP contribution is -2.34. The Morgan fingerprint density at radius 1 is 1.32 bits per heavy atom. The average Bonchev–Trinajstić information content (AvgIpc) is 2.79. The molecule has 0 aliphatic carbocycles. The molecule has 1 aliphatic heterocycles. The summed E-state index contributed by atoms with van der Waals surface area (Å²) in [4.78, 5) is 19.6. The van der Waals surface area contributed by atoms with Gasteiger partial charge in [-0.2, -0.15) is 5.10 Å². The van der Waals surface area contributed by atoms with E-state index < -0.39 is 0 Å². The lowest BCUT2D eigenvalue weighted by atomic mass is 10.1. The summed E-state index contributed by atoms with van der Waals surface area (Å²) in [5.41, 5.74) is 2.40. The first-order valence-corrected chi connectivity index (χ1v) is 8.46. The predicted octanol–water partition coefficient (Wildman–Crippen LogP) is 2.99. The fourth-order valence-electron chi connectivity index (χ4n) is 3.03. The Morgan fingerprint density at radius 3 is 2.80 bits per heavy atom. The van der Waals surface area contributed by atoms with E-state index in [1.54, 1.807) is 6.20 Å². The zero-order valence-corrected chi connectivity index (χ0v) is 16.6. The van der Waals surface area contributed by atoms with Gasteiger partial charge in [0, 0.05) is 25.3 Å². The molecule has 1 amide bonds. The van der Waals surface area contributed by atoms with Gasteiger partial charge in [0.05, 0.1) is 23.2 Å². The fraction of sp³-hybridized carbons (Fsp3) is 0.588. The largest absolute Gasteiger partial charge is 0.337 e. The molecule has 2 aromatic rings. The van der Waals surface area contributed by atoms with Gasteiger partial charge in [0.2, 0.25) is 0 Å². The number of nitrogens with zero attached hydrogens (tertiary/aromatic N) is 4. The molecule has 3 rings (SSSR count). The molecular formula is C17H27Cl2N5O. The van der Waals surface area contributed by atoms with Crippen LogP contribution >= 0.6 is 24.8 Å². The van der Waals surface area contributed by atoms with Crippen LogP contribution in [0.5, 0.6) is 0 Å². The topological polar surface area (TPSA) is 63.1 Å². The number of pyridine rings is 1. The first-order chi connectivity index (χ1) is 11.1. The number of aromatic nitrogens is 3. The molecule has 2 aromatic heterocycles. The SMILES string of the molecule is CCC(C)n1ncc2c(C(=O)N3CCCNCC3)cc(C)nc21.Cl.Cl. The summed E-state index contributed by atoms with van der Waals surface area (Å²) in [6, 6.07) is 2.16. The number of carbonyl (C=O) groups is 1. The highest BCUT2D eigenvalue weighted by Crippen LogP contribution is 2.23. The van der Waals surface area contributed by atoms with Crippen LogP contribution in [0.4, 0.5) is 0 Å². The molecule has 3 heterocycles. The van der Waals surface area contributed by atoms with Crippen LogP contribution in [-0.2, 0) is 0 Å². The number of rotatable bonds is 3. The molecular weight excluding hydrogens is 361 g/mol. The average molecular weight is 388 g/mol. The van der Waals surface area contributed by atoms with Gasteiger partial charge in [0.25, 0.3) is 5.91 Å². The van der Waals surface area contributed by atoms with E-state index in [0.717, 1.165) is 61.3 Å². The molecule has 1 unspecified atom stereocenters. The van der Waals surface area contributed by atoms with Crippen LogP contribution in [0.15, 0.2) is 12.3 Å². The molecule has 0 bridgehead atoms. The Morgan fingerprint density at radius 2 is 2.08 bits per heavy atom. The van der Waals surface area contributed by atoms with Crippen LogP contribution in [0, 0.1) is 6.92 Å². The third-order valence-electron chi connectivity index (χ3n) is 4.56. The Labute approximate surface area is 161 Å². The van der Waals surface area contributed by atoms with Crippen molar-refractivity contribution < 1.29 is 4.79 Å². The van der Waals surface area contributed by atoms with E-state index in [2.05, 4.69) is 29.2 Å². The van der Waals surface area contributed by atoms with E-state index in [9.17, 15) is 4.79 Å². The number of amides is 1. The molecule has 8 heteroatoms.